The van der Waals surface area contributed by atoms with Crippen LogP contribution in [0.25, 0.3) is 0 Å². The molecule has 0 aromatic rings. The molecule has 0 rings (SSSR count). The molecule has 0 aromatic heterocycles. The molecule has 0 heterocycles. The van der Waals surface area contributed by atoms with Gasteiger partial charge in [0.25, 0.3) is 0 Å². The van der Waals surface area contributed by atoms with Gasteiger partial charge in [-0.1, -0.05) is 6.92 Å². The van der Waals surface area contributed by atoms with Crippen LogP contribution in [0.1, 0.15) is 40.5 Å². The SMILES string of the molecule is CCCNC(C)(CC(C)N(C)CCOC)C(=O)OCC. The number of carbonyl (C=O) groups excluding carboxylic acids is 1. The van der Waals surface area contributed by atoms with Gasteiger partial charge in [0.15, 0.2) is 0 Å². The lowest BCUT2D eigenvalue weighted by molar-refractivity contribution is -0.151. The molecule has 1 N–H and O–H groups in total. The Labute approximate surface area is 124 Å². The number of hydrogen-bond donors (Lipinski definition) is 1. The van der Waals surface area contributed by atoms with E-state index in [1.54, 1.807) is 7.11 Å². The Balaban J connectivity index is 4.65. The second-order valence-corrected chi connectivity index (χ2v) is 5.51. The van der Waals surface area contributed by atoms with Crippen molar-refractivity contribution in [2.75, 3.05) is 40.5 Å². The van der Waals surface area contributed by atoms with Crippen molar-refractivity contribution in [1.82, 2.24) is 10.2 Å². The normalized spacial score (nSPS) is 15.9. The molecular formula is C15H32N2O3. The number of nitrogens with one attached hydrogen (secondary N) is 1. The van der Waals surface area contributed by atoms with Crippen LogP contribution < -0.4 is 5.32 Å². The van der Waals surface area contributed by atoms with Gasteiger partial charge < -0.3 is 19.7 Å². The summed E-state index contributed by atoms with van der Waals surface area (Å²) in [5.74, 6) is -0.166. The van der Waals surface area contributed by atoms with Gasteiger partial charge in [0.1, 0.15) is 5.54 Å². The third-order valence-corrected chi connectivity index (χ3v) is 3.60. The van der Waals surface area contributed by atoms with Crippen molar-refractivity contribution in [3.63, 3.8) is 0 Å². The van der Waals surface area contributed by atoms with Gasteiger partial charge in [0.05, 0.1) is 13.2 Å². The van der Waals surface area contributed by atoms with Crippen LogP contribution in [-0.2, 0) is 14.3 Å². The quantitative estimate of drug-likeness (QED) is 0.586. The van der Waals surface area contributed by atoms with Crippen molar-refractivity contribution in [2.24, 2.45) is 0 Å². The number of rotatable bonds is 11. The Bertz CT molecular complexity index is 274. The molecule has 20 heavy (non-hydrogen) atoms. The molecule has 0 radical (unpaired) electrons. The van der Waals surface area contributed by atoms with Crippen LogP contribution in [0.15, 0.2) is 0 Å². The van der Waals surface area contributed by atoms with E-state index in [0.717, 1.165) is 19.5 Å². The van der Waals surface area contributed by atoms with E-state index in [4.69, 9.17) is 9.47 Å². The van der Waals surface area contributed by atoms with E-state index in [9.17, 15) is 4.79 Å². The van der Waals surface area contributed by atoms with Gasteiger partial charge in [0, 0.05) is 19.7 Å². The topological polar surface area (TPSA) is 50.8 Å². The van der Waals surface area contributed by atoms with Gasteiger partial charge in [-0.15, -0.1) is 0 Å². The van der Waals surface area contributed by atoms with E-state index >= 15 is 0 Å². The first-order valence-electron chi connectivity index (χ1n) is 7.52. The Hall–Kier alpha value is -0.650. The first-order valence-corrected chi connectivity index (χ1v) is 7.52. The Morgan fingerprint density at radius 3 is 2.55 bits per heavy atom. The van der Waals surface area contributed by atoms with Crippen molar-refractivity contribution in [3.8, 4) is 0 Å². The maximum Gasteiger partial charge on any atom is 0.326 e. The largest absolute Gasteiger partial charge is 0.465 e. The number of likely N-dealkylation sites (N-methyl/N-ethyl adjacent to an activating group) is 1. The number of hydrogen-bond acceptors (Lipinski definition) is 5. The summed E-state index contributed by atoms with van der Waals surface area (Å²) in [6.07, 6.45) is 1.70. The lowest BCUT2D eigenvalue weighted by Crippen LogP contribution is -2.54. The summed E-state index contributed by atoms with van der Waals surface area (Å²) in [6, 6.07) is 0.268. The molecule has 2 unspecified atom stereocenters. The van der Waals surface area contributed by atoms with E-state index in [1.165, 1.54) is 0 Å². The second-order valence-electron chi connectivity index (χ2n) is 5.51. The third-order valence-electron chi connectivity index (χ3n) is 3.60. The predicted octanol–water partition coefficient (Wildman–Crippen LogP) is 1.66. The van der Waals surface area contributed by atoms with Crippen molar-refractivity contribution in [1.29, 1.82) is 0 Å². The highest BCUT2D eigenvalue weighted by molar-refractivity contribution is 5.80. The summed E-state index contributed by atoms with van der Waals surface area (Å²) in [5, 5.41) is 3.34. The Morgan fingerprint density at radius 1 is 1.40 bits per heavy atom. The lowest BCUT2D eigenvalue weighted by Gasteiger charge is -2.34. The van der Waals surface area contributed by atoms with Crippen LogP contribution in [0.2, 0.25) is 0 Å². The summed E-state index contributed by atoms with van der Waals surface area (Å²) < 4.78 is 10.3. The first kappa shape index (κ1) is 19.4. The first-order chi connectivity index (χ1) is 9.41. The van der Waals surface area contributed by atoms with Crippen LogP contribution in [0, 0.1) is 0 Å². The molecule has 120 valence electrons. The van der Waals surface area contributed by atoms with Gasteiger partial charge in [-0.05, 0) is 47.2 Å². The zero-order valence-corrected chi connectivity index (χ0v) is 14.0. The number of methoxy groups -OCH3 is 1. The highest BCUT2D eigenvalue weighted by atomic mass is 16.5. The van der Waals surface area contributed by atoms with Crippen LogP contribution >= 0.6 is 0 Å². The van der Waals surface area contributed by atoms with Crippen LogP contribution in [0.5, 0.6) is 0 Å². The van der Waals surface area contributed by atoms with Gasteiger partial charge in [0.2, 0.25) is 0 Å². The average Bonchev–Trinajstić information content (AvgIpc) is 2.42. The lowest BCUT2D eigenvalue weighted by atomic mass is 9.92. The minimum Gasteiger partial charge on any atom is -0.465 e. The van der Waals surface area contributed by atoms with Crippen molar-refractivity contribution >= 4 is 5.97 Å². The predicted molar refractivity (Wildman–Crippen MR) is 81.9 cm³/mol. The zero-order chi connectivity index (χ0) is 15.6. The minimum atomic E-state index is -0.632. The van der Waals surface area contributed by atoms with E-state index < -0.39 is 5.54 Å². The third kappa shape index (κ3) is 6.68. The van der Waals surface area contributed by atoms with Crippen molar-refractivity contribution in [2.45, 2.75) is 52.1 Å². The Morgan fingerprint density at radius 2 is 2.05 bits per heavy atom. The molecule has 2 atom stereocenters. The zero-order valence-electron chi connectivity index (χ0n) is 14.0. The fourth-order valence-electron chi connectivity index (χ4n) is 2.12. The van der Waals surface area contributed by atoms with Gasteiger partial charge in [-0.2, -0.15) is 0 Å². The molecule has 5 nitrogen and oxygen atoms in total. The Kier molecular flexibility index (Phi) is 9.80. The van der Waals surface area contributed by atoms with Gasteiger partial charge >= 0.3 is 5.97 Å². The molecule has 0 aliphatic carbocycles. The van der Waals surface area contributed by atoms with Gasteiger partial charge in [-0.3, -0.25) is 4.79 Å². The molecule has 0 spiro atoms. The smallest absolute Gasteiger partial charge is 0.326 e. The fourth-order valence-corrected chi connectivity index (χ4v) is 2.12. The van der Waals surface area contributed by atoms with Crippen LogP contribution in [0.3, 0.4) is 0 Å². The molecule has 0 aromatic carbocycles. The maximum absolute atomic E-state index is 12.2. The number of carbonyl (C=O) groups is 1. The summed E-state index contributed by atoms with van der Waals surface area (Å²) in [5.41, 5.74) is -0.632. The minimum absolute atomic E-state index is 0.166. The molecule has 0 amide bonds. The molecule has 0 bridgehead atoms. The average molecular weight is 288 g/mol. The number of nitrogens with zero attached hydrogens (tertiary/aromatic N) is 1. The summed E-state index contributed by atoms with van der Waals surface area (Å²) in [4.78, 5) is 14.4. The highest BCUT2D eigenvalue weighted by Crippen LogP contribution is 2.18. The standard InChI is InChI=1S/C15H32N2O3/c1-7-9-16-15(4,14(18)20-8-2)12-13(3)17(5)10-11-19-6/h13,16H,7-12H2,1-6H3. The van der Waals surface area contributed by atoms with Crippen molar-refractivity contribution in [3.05, 3.63) is 0 Å². The maximum atomic E-state index is 12.2. The van der Waals surface area contributed by atoms with E-state index in [1.807, 2.05) is 13.8 Å². The van der Waals surface area contributed by atoms with E-state index in [-0.39, 0.29) is 12.0 Å². The molecule has 0 saturated heterocycles. The molecular weight excluding hydrogens is 256 g/mol. The second kappa shape index (κ2) is 10.1. The van der Waals surface area contributed by atoms with Crippen LogP contribution in [0.4, 0.5) is 0 Å². The highest BCUT2D eigenvalue weighted by Gasteiger charge is 2.36. The molecule has 0 aliphatic heterocycles. The molecule has 0 aliphatic rings. The molecule has 0 saturated carbocycles. The summed E-state index contributed by atoms with van der Waals surface area (Å²) in [7, 11) is 3.75. The summed E-state index contributed by atoms with van der Waals surface area (Å²) >= 11 is 0. The monoisotopic (exact) mass is 288 g/mol. The van der Waals surface area contributed by atoms with E-state index in [0.29, 0.717) is 19.6 Å². The van der Waals surface area contributed by atoms with Gasteiger partial charge in [-0.25, -0.2) is 0 Å². The van der Waals surface area contributed by atoms with Crippen molar-refractivity contribution < 1.29 is 14.3 Å². The summed E-state index contributed by atoms with van der Waals surface area (Å²) in [6.45, 7) is 10.8. The van der Waals surface area contributed by atoms with E-state index in [2.05, 4.69) is 31.1 Å². The number of esters is 1. The number of ether oxygens (including phenoxy) is 2. The fraction of sp³-hybridized carbons (Fsp3) is 0.933. The van der Waals surface area contributed by atoms with Crippen LogP contribution in [-0.4, -0.2) is 62.9 Å². The molecule has 5 heteroatoms. The molecule has 0 fully saturated rings.